The number of amides is 3. The largest absolute Gasteiger partial charge is 0.508 e. The van der Waals surface area contributed by atoms with Crippen molar-refractivity contribution in [2.24, 2.45) is 5.73 Å². The number of rotatable bonds is 7. The molecule has 12 heteroatoms. The van der Waals surface area contributed by atoms with Gasteiger partial charge < -0.3 is 31.7 Å². The molecule has 7 N–H and O–H groups in total. The summed E-state index contributed by atoms with van der Waals surface area (Å²) in [6.45, 7) is 1.64. The Morgan fingerprint density at radius 2 is 1.56 bits per heavy atom. The number of hydrogen-bond donors (Lipinski definition) is 6. The average Bonchev–Trinajstić information content (AvgIpc) is 2.85. The summed E-state index contributed by atoms with van der Waals surface area (Å²) in [7, 11) is 0. The number of carbonyl (C=O) groups excluding carboxylic acids is 3. The third-order valence-corrected chi connectivity index (χ3v) is 7.39. The number of nitrogens with zero attached hydrogens (tertiary/aromatic N) is 1. The van der Waals surface area contributed by atoms with Gasteiger partial charge in [-0.15, -0.1) is 11.8 Å². The lowest BCUT2D eigenvalue weighted by atomic mass is 10.00. The maximum atomic E-state index is 13.3. The fraction of sp³-hybridized carbons (Fsp3) is 0.250. The summed E-state index contributed by atoms with van der Waals surface area (Å²) in [5.74, 6) is -2.81. The number of carboxylic acid groups (broad SMARTS) is 1. The van der Waals surface area contributed by atoms with Crippen LogP contribution in [0.1, 0.15) is 30.1 Å². The lowest BCUT2D eigenvalue weighted by molar-refractivity contribution is -0.151. The Bertz CT molecular complexity index is 1250. The first-order chi connectivity index (χ1) is 17.1. The van der Waals surface area contributed by atoms with Crippen LogP contribution in [0.2, 0.25) is 0 Å². The first-order valence-electron chi connectivity index (χ1n) is 10.9. The van der Waals surface area contributed by atoms with Crippen molar-refractivity contribution in [2.75, 3.05) is 5.75 Å². The van der Waals surface area contributed by atoms with E-state index in [4.69, 9.17) is 5.73 Å². The highest BCUT2D eigenvalue weighted by atomic mass is 32.2. The van der Waals surface area contributed by atoms with E-state index in [1.165, 1.54) is 60.3 Å². The van der Waals surface area contributed by atoms with Crippen LogP contribution in [0.3, 0.4) is 0 Å². The molecule has 3 amide bonds. The molecule has 2 heterocycles. The van der Waals surface area contributed by atoms with Gasteiger partial charge in [-0.2, -0.15) is 0 Å². The first-order valence-corrected chi connectivity index (χ1v) is 11.9. The topological polar surface area (TPSA) is 182 Å². The Kier molecular flexibility index (Phi) is 6.91. The number of nitrogens with two attached hydrogens (primary N) is 1. The molecule has 0 aliphatic carbocycles. The van der Waals surface area contributed by atoms with Crippen LogP contribution in [-0.2, 0) is 19.2 Å². The second-order valence-electron chi connectivity index (χ2n) is 8.43. The lowest BCUT2D eigenvalue weighted by Crippen LogP contribution is -2.71. The molecule has 1 unspecified atom stereocenters. The highest BCUT2D eigenvalue weighted by Crippen LogP contribution is 2.40. The Hall–Kier alpha value is -4.03. The second kappa shape index (κ2) is 9.91. The van der Waals surface area contributed by atoms with E-state index in [0.29, 0.717) is 22.5 Å². The fourth-order valence-electron chi connectivity index (χ4n) is 4.04. The van der Waals surface area contributed by atoms with Gasteiger partial charge in [0.1, 0.15) is 40.7 Å². The van der Waals surface area contributed by atoms with Crippen LogP contribution in [0.15, 0.2) is 59.8 Å². The molecular weight excluding hydrogens is 488 g/mol. The number of aliphatic carboxylic acids is 1. The van der Waals surface area contributed by atoms with Gasteiger partial charge in [-0.25, -0.2) is 4.79 Å². The summed E-state index contributed by atoms with van der Waals surface area (Å²) in [4.78, 5) is 51.8. The van der Waals surface area contributed by atoms with Crippen LogP contribution < -0.4 is 16.4 Å². The second-order valence-corrected chi connectivity index (χ2v) is 9.54. The third-order valence-electron chi connectivity index (χ3n) is 5.97. The molecule has 4 atom stereocenters. The van der Waals surface area contributed by atoms with Crippen LogP contribution in [0.25, 0.3) is 0 Å². The zero-order chi connectivity index (χ0) is 26.1. The van der Waals surface area contributed by atoms with Crippen LogP contribution in [-0.4, -0.2) is 61.1 Å². The van der Waals surface area contributed by atoms with Crippen molar-refractivity contribution < 1.29 is 34.5 Å². The Balaban J connectivity index is 1.54. The number of thioether (sulfide) groups is 1. The quantitative estimate of drug-likeness (QED) is 0.291. The molecule has 0 saturated carbocycles. The van der Waals surface area contributed by atoms with Crippen molar-refractivity contribution in [3.05, 3.63) is 70.9 Å². The number of hydrogen-bond acceptors (Lipinski definition) is 8. The zero-order valence-electron chi connectivity index (χ0n) is 19.0. The third kappa shape index (κ3) is 4.72. The van der Waals surface area contributed by atoms with Gasteiger partial charge in [0.25, 0.3) is 5.91 Å². The molecule has 36 heavy (non-hydrogen) atoms. The molecule has 11 nitrogen and oxygen atoms in total. The maximum Gasteiger partial charge on any atom is 0.352 e. The van der Waals surface area contributed by atoms with Crippen molar-refractivity contribution in [2.45, 2.75) is 30.4 Å². The maximum absolute atomic E-state index is 13.3. The minimum Gasteiger partial charge on any atom is -0.508 e. The number of carboxylic acids is 1. The molecule has 2 aliphatic rings. The van der Waals surface area contributed by atoms with Crippen LogP contribution in [0, 0.1) is 0 Å². The number of aromatic hydroxyl groups is 2. The normalized spacial score (nSPS) is 20.6. The highest BCUT2D eigenvalue weighted by molar-refractivity contribution is 8.00. The number of nitrogens with one attached hydrogen (secondary N) is 2. The molecule has 2 aliphatic heterocycles. The predicted molar refractivity (Wildman–Crippen MR) is 129 cm³/mol. The average molecular weight is 513 g/mol. The smallest absolute Gasteiger partial charge is 0.352 e. The Morgan fingerprint density at radius 1 is 1.00 bits per heavy atom. The number of phenols is 2. The molecule has 0 aromatic heterocycles. The van der Waals surface area contributed by atoms with Gasteiger partial charge in [0.2, 0.25) is 11.8 Å². The summed E-state index contributed by atoms with van der Waals surface area (Å²) in [6, 6.07) is 7.92. The summed E-state index contributed by atoms with van der Waals surface area (Å²) < 4.78 is 0. The lowest BCUT2D eigenvalue weighted by Gasteiger charge is -2.49. The number of phenolic OH excluding ortho intramolecular Hbond substituents is 2. The van der Waals surface area contributed by atoms with Crippen molar-refractivity contribution >= 4 is 35.5 Å². The number of β-lactam (4-membered cyclic amide) rings is 1. The predicted octanol–water partition coefficient (Wildman–Crippen LogP) is 0.714. The number of benzene rings is 2. The van der Waals surface area contributed by atoms with Gasteiger partial charge in [-0.05, 0) is 47.9 Å². The molecule has 2 aromatic carbocycles. The van der Waals surface area contributed by atoms with Gasteiger partial charge >= 0.3 is 5.97 Å². The summed E-state index contributed by atoms with van der Waals surface area (Å²) in [5, 5.41) is 33.2. The van der Waals surface area contributed by atoms with Gasteiger partial charge in [-0.1, -0.05) is 24.3 Å². The first kappa shape index (κ1) is 25.1. The molecule has 0 spiro atoms. The molecule has 188 valence electrons. The highest BCUT2D eigenvalue weighted by Gasteiger charge is 2.54. The van der Waals surface area contributed by atoms with Crippen LogP contribution in [0.4, 0.5) is 0 Å². The van der Waals surface area contributed by atoms with E-state index in [9.17, 15) is 34.5 Å². The fourth-order valence-corrected chi connectivity index (χ4v) is 5.34. The SMILES string of the molecule is CC1=C(C(=O)O)N2C(=O)[C@@H](NC(=O)[C@H](NC(=O)C(N)c3ccc(O)cc3)c3ccc(O)cc3)[C@H]2SC1. The van der Waals surface area contributed by atoms with Crippen molar-refractivity contribution in [1.82, 2.24) is 15.5 Å². The van der Waals surface area contributed by atoms with E-state index in [-0.39, 0.29) is 17.2 Å². The van der Waals surface area contributed by atoms with Crippen molar-refractivity contribution in [3.8, 4) is 11.5 Å². The molecule has 0 bridgehead atoms. The number of fused-ring (bicyclic) bond motifs is 1. The van der Waals surface area contributed by atoms with E-state index in [1.807, 2.05) is 0 Å². The molecular formula is C24H24N4O7S. The van der Waals surface area contributed by atoms with E-state index < -0.39 is 47.2 Å². The molecule has 0 radical (unpaired) electrons. The van der Waals surface area contributed by atoms with E-state index in [1.54, 1.807) is 6.92 Å². The summed E-state index contributed by atoms with van der Waals surface area (Å²) in [6.07, 6.45) is 0. The monoisotopic (exact) mass is 512 g/mol. The van der Waals surface area contributed by atoms with Crippen molar-refractivity contribution in [3.63, 3.8) is 0 Å². The Morgan fingerprint density at radius 3 is 2.11 bits per heavy atom. The van der Waals surface area contributed by atoms with Gasteiger partial charge in [0.15, 0.2) is 0 Å². The van der Waals surface area contributed by atoms with E-state index in [0.717, 1.165) is 4.90 Å². The van der Waals surface area contributed by atoms with Crippen LogP contribution >= 0.6 is 11.8 Å². The van der Waals surface area contributed by atoms with Crippen LogP contribution in [0.5, 0.6) is 11.5 Å². The minimum absolute atomic E-state index is 0.00333. The molecule has 1 saturated heterocycles. The van der Waals surface area contributed by atoms with Crippen molar-refractivity contribution in [1.29, 1.82) is 0 Å². The Labute approximate surface area is 210 Å². The standard InChI is InChI=1S/C24H24N4O7S/c1-11-10-36-23-18(22(33)28(23)19(11)24(34)35)27-21(32)17(13-4-8-15(30)9-5-13)26-20(31)16(25)12-2-6-14(29)7-3-12/h2-9,16-18,23,29-30H,10,25H2,1H3,(H,26,31)(H,27,32)(H,34,35)/t16?,17-,18-,23-/m1/s1. The van der Waals surface area contributed by atoms with Gasteiger partial charge in [0, 0.05) is 5.75 Å². The zero-order valence-corrected chi connectivity index (χ0v) is 19.9. The minimum atomic E-state index is -1.26. The molecule has 2 aromatic rings. The van der Waals surface area contributed by atoms with E-state index in [2.05, 4.69) is 10.6 Å². The summed E-state index contributed by atoms with van der Waals surface area (Å²) in [5.41, 5.74) is 7.26. The molecule has 1 fully saturated rings. The number of carbonyl (C=O) groups is 4. The van der Waals surface area contributed by atoms with Gasteiger partial charge in [-0.3, -0.25) is 19.3 Å². The van der Waals surface area contributed by atoms with Gasteiger partial charge in [0.05, 0.1) is 0 Å². The summed E-state index contributed by atoms with van der Waals surface area (Å²) >= 11 is 1.33. The molecule has 4 rings (SSSR count). The van der Waals surface area contributed by atoms with E-state index >= 15 is 0 Å².